The number of hydrogen-bond donors (Lipinski definition) is 0. The molecule has 0 N–H and O–H groups in total. The molecule has 1 saturated heterocycles. The van der Waals surface area contributed by atoms with Crippen LogP contribution >= 0.6 is 0 Å². The Hall–Kier alpha value is -3.08. The maximum Gasteiger partial charge on any atom is 0.416 e. The molecule has 3 heterocycles. The van der Waals surface area contributed by atoms with Crippen molar-refractivity contribution in [1.29, 1.82) is 0 Å². The van der Waals surface area contributed by atoms with Crippen LogP contribution in [0.25, 0.3) is 11.2 Å². The lowest BCUT2D eigenvalue weighted by Crippen LogP contribution is -2.47. The van der Waals surface area contributed by atoms with E-state index >= 15 is 0 Å². The Bertz CT molecular complexity index is 1180. The fourth-order valence-electron chi connectivity index (χ4n) is 3.73. The molecule has 1 fully saturated rings. The molecule has 0 bridgehead atoms. The topological polar surface area (TPSA) is 68.3 Å². The molecule has 4 rings (SSSR count). The van der Waals surface area contributed by atoms with E-state index in [0.717, 1.165) is 22.4 Å². The summed E-state index contributed by atoms with van der Waals surface area (Å²) in [6.45, 7) is 3.08. The summed E-state index contributed by atoms with van der Waals surface area (Å²) in [6.07, 6.45) is -2.79. The predicted molar refractivity (Wildman–Crippen MR) is 105 cm³/mol. The van der Waals surface area contributed by atoms with Gasteiger partial charge in [-0.2, -0.15) is 13.2 Å². The minimum Gasteiger partial charge on any atom is -0.369 e. The van der Waals surface area contributed by atoms with Gasteiger partial charge < -0.3 is 9.47 Å². The molecule has 0 atom stereocenters. The highest BCUT2D eigenvalue weighted by atomic mass is 19.4. The third-order valence-corrected chi connectivity index (χ3v) is 5.50. The van der Waals surface area contributed by atoms with E-state index < -0.39 is 23.0 Å². The Morgan fingerprint density at radius 3 is 2.20 bits per heavy atom. The summed E-state index contributed by atoms with van der Waals surface area (Å²) in [4.78, 5) is 33.0. The molecule has 3 aromatic rings. The highest BCUT2D eigenvalue weighted by Crippen LogP contribution is 2.30. The molecule has 1 aromatic carbocycles. The molecule has 2 aromatic heterocycles. The van der Waals surface area contributed by atoms with Crippen LogP contribution in [0.15, 0.2) is 40.2 Å². The molecule has 11 heteroatoms. The zero-order chi connectivity index (χ0) is 21.6. The summed E-state index contributed by atoms with van der Waals surface area (Å²) in [5.41, 5.74) is -0.0272. The minimum atomic E-state index is -4.34. The van der Waals surface area contributed by atoms with Crippen LogP contribution in [0, 0.1) is 0 Å². The first-order valence-corrected chi connectivity index (χ1v) is 9.42. The Morgan fingerprint density at radius 2 is 1.60 bits per heavy atom. The van der Waals surface area contributed by atoms with Crippen molar-refractivity contribution in [1.82, 2.24) is 23.6 Å². The zero-order valence-electron chi connectivity index (χ0n) is 16.6. The van der Waals surface area contributed by atoms with Gasteiger partial charge in [0.25, 0.3) is 5.56 Å². The van der Waals surface area contributed by atoms with Crippen LogP contribution in [-0.2, 0) is 26.9 Å². The SMILES string of the molecule is Cn1c(=O)c2c(ncn2CN2CCN(c3ccc(C(F)(F)F)cc3)CC2)n(C)c1=O. The Kier molecular flexibility index (Phi) is 4.92. The van der Waals surface area contributed by atoms with Gasteiger partial charge in [0.2, 0.25) is 0 Å². The first kappa shape index (κ1) is 20.2. The van der Waals surface area contributed by atoms with Gasteiger partial charge in [-0.1, -0.05) is 0 Å². The third-order valence-electron chi connectivity index (χ3n) is 5.50. The van der Waals surface area contributed by atoms with Gasteiger partial charge in [-0.05, 0) is 24.3 Å². The number of halogens is 3. The molecule has 1 aliphatic heterocycles. The predicted octanol–water partition coefficient (Wildman–Crippen LogP) is 1.23. The second-order valence-electron chi connectivity index (χ2n) is 7.38. The van der Waals surface area contributed by atoms with Gasteiger partial charge in [-0.3, -0.25) is 18.8 Å². The van der Waals surface area contributed by atoms with Crippen LogP contribution in [-0.4, -0.2) is 49.8 Å². The first-order valence-electron chi connectivity index (χ1n) is 9.42. The van der Waals surface area contributed by atoms with Crippen LogP contribution in [0.1, 0.15) is 5.56 Å². The number of benzene rings is 1. The van der Waals surface area contributed by atoms with Crippen molar-refractivity contribution < 1.29 is 13.2 Å². The molecular formula is C19H21F3N6O2. The molecule has 1 aliphatic rings. The van der Waals surface area contributed by atoms with E-state index in [0.29, 0.717) is 44.0 Å². The van der Waals surface area contributed by atoms with Crippen molar-refractivity contribution in [2.45, 2.75) is 12.8 Å². The van der Waals surface area contributed by atoms with Gasteiger partial charge in [0.05, 0.1) is 18.6 Å². The molecule has 30 heavy (non-hydrogen) atoms. The van der Waals surface area contributed by atoms with Crippen molar-refractivity contribution in [3.8, 4) is 0 Å². The van der Waals surface area contributed by atoms with E-state index in [1.165, 1.54) is 23.7 Å². The number of aromatic nitrogens is 4. The van der Waals surface area contributed by atoms with Crippen LogP contribution < -0.4 is 16.1 Å². The average Bonchev–Trinajstić information content (AvgIpc) is 3.14. The maximum absolute atomic E-state index is 12.7. The summed E-state index contributed by atoms with van der Waals surface area (Å²) in [6, 6.07) is 5.18. The smallest absolute Gasteiger partial charge is 0.369 e. The zero-order valence-corrected chi connectivity index (χ0v) is 16.6. The Labute approximate surface area is 169 Å². The number of imidazole rings is 1. The van der Waals surface area contributed by atoms with Crippen molar-refractivity contribution in [2.24, 2.45) is 14.1 Å². The summed E-state index contributed by atoms with van der Waals surface area (Å²) < 4.78 is 42.3. The molecule has 160 valence electrons. The van der Waals surface area contributed by atoms with Crippen molar-refractivity contribution >= 4 is 16.9 Å². The van der Waals surface area contributed by atoms with Gasteiger partial charge >= 0.3 is 11.9 Å². The number of alkyl halides is 3. The standard InChI is InChI=1S/C19H21F3N6O2/c1-24-16-15(17(29)25(2)18(24)30)28(11-23-16)12-26-7-9-27(10-8-26)14-5-3-13(4-6-14)19(20,21)22/h3-6,11H,7-10,12H2,1-2H3. The molecule has 0 aliphatic carbocycles. The third kappa shape index (κ3) is 3.49. The molecule has 0 saturated carbocycles. The van der Waals surface area contributed by atoms with E-state index in [2.05, 4.69) is 9.88 Å². The lowest BCUT2D eigenvalue weighted by molar-refractivity contribution is -0.137. The van der Waals surface area contributed by atoms with E-state index in [-0.39, 0.29) is 0 Å². The Balaban J connectivity index is 1.47. The highest BCUT2D eigenvalue weighted by Gasteiger charge is 2.30. The van der Waals surface area contributed by atoms with Crippen LogP contribution in [0.5, 0.6) is 0 Å². The van der Waals surface area contributed by atoms with Gasteiger partial charge in [0, 0.05) is 46.0 Å². The number of rotatable bonds is 3. The number of fused-ring (bicyclic) bond motifs is 1. The first-order chi connectivity index (χ1) is 14.2. The van der Waals surface area contributed by atoms with E-state index in [4.69, 9.17) is 0 Å². The van der Waals surface area contributed by atoms with Crippen LogP contribution in [0.3, 0.4) is 0 Å². The number of piperazine rings is 1. The molecule has 0 amide bonds. The number of aryl methyl sites for hydroxylation is 1. The average molecular weight is 422 g/mol. The van der Waals surface area contributed by atoms with Crippen molar-refractivity contribution in [2.75, 3.05) is 31.1 Å². The van der Waals surface area contributed by atoms with Crippen LogP contribution in [0.4, 0.5) is 18.9 Å². The summed E-state index contributed by atoms with van der Waals surface area (Å²) >= 11 is 0. The maximum atomic E-state index is 12.7. The van der Waals surface area contributed by atoms with Crippen molar-refractivity contribution in [3.05, 3.63) is 57.0 Å². The number of nitrogens with zero attached hydrogens (tertiary/aromatic N) is 6. The van der Waals surface area contributed by atoms with Crippen LogP contribution in [0.2, 0.25) is 0 Å². The highest BCUT2D eigenvalue weighted by molar-refractivity contribution is 5.69. The fourth-order valence-corrected chi connectivity index (χ4v) is 3.73. The van der Waals surface area contributed by atoms with Gasteiger partial charge in [-0.25, -0.2) is 9.78 Å². The summed E-state index contributed by atoms with van der Waals surface area (Å²) in [5, 5.41) is 0. The van der Waals surface area contributed by atoms with Gasteiger partial charge in [0.15, 0.2) is 11.2 Å². The summed E-state index contributed by atoms with van der Waals surface area (Å²) in [7, 11) is 3.01. The largest absolute Gasteiger partial charge is 0.416 e. The lowest BCUT2D eigenvalue weighted by Gasteiger charge is -2.36. The number of hydrogen-bond acceptors (Lipinski definition) is 5. The monoisotopic (exact) mass is 422 g/mol. The van der Waals surface area contributed by atoms with Crippen molar-refractivity contribution in [3.63, 3.8) is 0 Å². The van der Waals surface area contributed by atoms with E-state index in [1.54, 1.807) is 17.9 Å². The second kappa shape index (κ2) is 7.31. The number of anilines is 1. The lowest BCUT2D eigenvalue weighted by atomic mass is 10.1. The summed E-state index contributed by atoms with van der Waals surface area (Å²) in [5.74, 6) is 0. The Morgan fingerprint density at radius 1 is 0.967 bits per heavy atom. The molecular weight excluding hydrogens is 401 g/mol. The second-order valence-corrected chi connectivity index (χ2v) is 7.38. The molecule has 8 nitrogen and oxygen atoms in total. The molecule has 0 radical (unpaired) electrons. The van der Waals surface area contributed by atoms with E-state index in [1.807, 2.05) is 4.90 Å². The minimum absolute atomic E-state index is 0.339. The van der Waals surface area contributed by atoms with Gasteiger partial charge in [0.1, 0.15) is 0 Å². The normalized spacial score (nSPS) is 15.8. The molecule has 0 unspecified atom stereocenters. The van der Waals surface area contributed by atoms with Gasteiger partial charge in [-0.15, -0.1) is 0 Å². The fraction of sp³-hybridized carbons (Fsp3) is 0.421. The quantitative estimate of drug-likeness (QED) is 0.635. The molecule has 0 spiro atoms. The van der Waals surface area contributed by atoms with E-state index in [9.17, 15) is 22.8 Å².